The lowest BCUT2D eigenvalue weighted by Gasteiger charge is -2.31. The van der Waals surface area contributed by atoms with Gasteiger partial charge in [-0.1, -0.05) is 13.8 Å². The number of ether oxygens (including phenoxy) is 1. The molecule has 2 fully saturated rings. The van der Waals surface area contributed by atoms with Gasteiger partial charge in [-0.05, 0) is 44.1 Å². The fourth-order valence-electron chi connectivity index (χ4n) is 4.01. The van der Waals surface area contributed by atoms with Crippen molar-refractivity contribution in [3.8, 4) is 5.75 Å². The molecule has 166 valence electrons. The van der Waals surface area contributed by atoms with E-state index in [2.05, 4.69) is 32.7 Å². The number of hydrogen-bond acceptors (Lipinski definition) is 6. The molecule has 1 unspecified atom stereocenters. The fourth-order valence-corrected chi connectivity index (χ4v) is 4.01. The molecule has 2 aromatic rings. The van der Waals surface area contributed by atoms with Crippen LogP contribution in [0, 0.1) is 5.92 Å². The molecule has 3 aliphatic rings. The first-order chi connectivity index (χ1) is 14.7. The van der Waals surface area contributed by atoms with Crippen molar-refractivity contribution < 1.29 is 14.6 Å². The molecule has 1 saturated heterocycles. The molecule has 8 nitrogen and oxygen atoms in total. The second-order valence-corrected chi connectivity index (χ2v) is 7.81. The summed E-state index contributed by atoms with van der Waals surface area (Å²) >= 11 is 0. The Kier molecular flexibility index (Phi) is 7.79. The highest BCUT2D eigenvalue weighted by Crippen LogP contribution is 2.37. The van der Waals surface area contributed by atoms with Crippen LogP contribution in [0.25, 0.3) is 11.0 Å². The number of carbonyl (C=O) groups excluding carboxylic acids is 1. The first kappa shape index (κ1) is 22.2. The topological polar surface area (TPSA) is 106 Å². The monoisotopic (exact) mass is 417 g/mol. The van der Waals surface area contributed by atoms with Crippen molar-refractivity contribution in [2.24, 2.45) is 11.7 Å². The molecular weight excluding hydrogens is 382 g/mol. The molecule has 0 radical (unpaired) electrons. The molecular formula is C22H35N5O3. The Morgan fingerprint density at radius 1 is 1.27 bits per heavy atom. The van der Waals surface area contributed by atoms with Crippen LogP contribution in [-0.4, -0.2) is 53.4 Å². The van der Waals surface area contributed by atoms with Crippen molar-refractivity contribution in [2.45, 2.75) is 58.6 Å². The summed E-state index contributed by atoms with van der Waals surface area (Å²) in [6, 6.07) is 4.28. The average Bonchev–Trinajstić information content (AvgIpc) is 3.54. The third-order valence-corrected chi connectivity index (χ3v) is 5.54. The number of imidazole rings is 1. The van der Waals surface area contributed by atoms with E-state index in [1.807, 2.05) is 13.8 Å². The molecule has 1 aliphatic carbocycles. The number of aliphatic hydroxyl groups excluding tert-OH is 1. The highest BCUT2D eigenvalue weighted by Gasteiger charge is 2.26. The Morgan fingerprint density at radius 2 is 2.03 bits per heavy atom. The fraction of sp³-hybridized carbons (Fsp3) is 0.636. The molecule has 5 rings (SSSR count). The number of nitrogens with two attached hydrogens (primary N) is 1. The van der Waals surface area contributed by atoms with E-state index in [1.165, 1.54) is 12.8 Å². The third-order valence-electron chi connectivity index (χ3n) is 5.54. The minimum atomic E-state index is -0.251. The summed E-state index contributed by atoms with van der Waals surface area (Å²) in [4.78, 5) is 15.8. The second kappa shape index (κ2) is 10.5. The van der Waals surface area contributed by atoms with E-state index in [4.69, 9.17) is 14.5 Å². The Bertz CT molecular complexity index is 834. The summed E-state index contributed by atoms with van der Waals surface area (Å²) in [5.41, 5.74) is 7.36. The van der Waals surface area contributed by atoms with Gasteiger partial charge in [-0.2, -0.15) is 0 Å². The number of aromatic nitrogens is 2. The maximum atomic E-state index is 10.1. The summed E-state index contributed by atoms with van der Waals surface area (Å²) in [6.07, 6.45) is 5.57. The van der Waals surface area contributed by atoms with Gasteiger partial charge >= 0.3 is 0 Å². The number of aryl methyl sites for hydroxylation is 1. The molecule has 0 bridgehead atoms. The lowest BCUT2D eigenvalue weighted by molar-refractivity contribution is -0.106. The van der Waals surface area contributed by atoms with Crippen molar-refractivity contribution in [1.82, 2.24) is 9.55 Å². The van der Waals surface area contributed by atoms with Crippen molar-refractivity contribution in [3.63, 3.8) is 0 Å². The predicted octanol–water partition coefficient (Wildman–Crippen LogP) is 2.73. The number of primary amides is 1. The number of amides is 1. The Balaban J connectivity index is 0.000000473. The largest absolute Gasteiger partial charge is 0.491 e. The predicted molar refractivity (Wildman–Crippen MR) is 120 cm³/mol. The van der Waals surface area contributed by atoms with Crippen LogP contribution in [-0.2, 0) is 11.3 Å². The number of nitrogens with zero attached hydrogens (tertiary/aromatic N) is 3. The zero-order valence-corrected chi connectivity index (χ0v) is 18.1. The van der Waals surface area contributed by atoms with Crippen LogP contribution in [0.3, 0.4) is 0 Å². The molecule has 1 atom stereocenters. The smallest absolute Gasteiger partial charge is 0.206 e. The van der Waals surface area contributed by atoms with Gasteiger partial charge in [0.15, 0.2) is 0 Å². The zero-order valence-electron chi connectivity index (χ0n) is 18.1. The van der Waals surface area contributed by atoms with Gasteiger partial charge in [0.05, 0.1) is 18.2 Å². The SMILES string of the molecule is CC.NC=O.OC1CCCN(c2nc3cc(NCC4CC4)cc4c3n2CCCO4)C1. The molecule has 30 heavy (non-hydrogen) atoms. The van der Waals surface area contributed by atoms with Crippen LogP contribution in [0.15, 0.2) is 12.1 Å². The number of carbonyl (C=O) groups is 1. The third kappa shape index (κ3) is 5.16. The maximum absolute atomic E-state index is 10.1. The van der Waals surface area contributed by atoms with Crippen molar-refractivity contribution >= 4 is 29.1 Å². The minimum absolute atomic E-state index is 0.250. The Morgan fingerprint density at radius 3 is 2.73 bits per heavy atom. The van der Waals surface area contributed by atoms with E-state index in [-0.39, 0.29) is 12.5 Å². The van der Waals surface area contributed by atoms with Crippen LogP contribution >= 0.6 is 0 Å². The van der Waals surface area contributed by atoms with Gasteiger partial charge in [0.25, 0.3) is 0 Å². The number of anilines is 2. The van der Waals surface area contributed by atoms with Gasteiger partial charge in [-0.25, -0.2) is 4.98 Å². The molecule has 4 N–H and O–H groups in total. The first-order valence-electron chi connectivity index (χ1n) is 11.2. The lowest BCUT2D eigenvalue weighted by Crippen LogP contribution is -2.39. The highest BCUT2D eigenvalue weighted by molar-refractivity contribution is 5.88. The Labute approximate surface area is 178 Å². The van der Waals surface area contributed by atoms with E-state index >= 15 is 0 Å². The number of β-amino-alcohol motifs (C(OH)–C–C–N with tert-alkyl or cyclic N) is 1. The number of benzene rings is 1. The van der Waals surface area contributed by atoms with E-state index in [0.29, 0.717) is 6.54 Å². The van der Waals surface area contributed by atoms with Crippen LogP contribution in [0.1, 0.15) is 46.0 Å². The van der Waals surface area contributed by atoms with Crippen molar-refractivity contribution in [1.29, 1.82) is 0 Å². The zero-order chi connectivity index (χ0) is 21.5. The molecule has 0 spiro atoms. The van der Waals surface area contributed by atoms with Gasteiger partial charge in [-0.15, -0.1) is 0 Å². The number of hydrogen-bond donors (Lipinski definition) is 3. The average molecular weight is 418 g/mol. The van der Waals surface area contributed by atoms with Crippen molar-refractivity contribution in [3.05, 3.63) is 12.1 Å². The van der Waals surface area contributed by atoms with Gasteiger partial charge < -0.3 is 30.4 Å². The van der Waals surface area contributed by atoms with E-state index in [9.17, 15) is 5.11 Å². The summed E-state index contributed by atoms with van der Waals surface area (Å²) < 4.78 is 8.33. The molecule has 2 aliphatic heterocycles. The van der Waals surface area contributed by atoms with E-state index < -0.39 is 0 Å². The van der Waals surface area contributed by atoms with E-state index in [0.717, 1.165) is 79.8 Å². The van der Waals surface area contributed by atoms with E-state index in [1.54, 1.807) is 0 Å². The molecule has 1 saturated carbocycles. The van der Waals surface area contributed by atoms with Gasteiger partial charge in [0, 0.05) is 37.9 Å². The minimum Gasteiger partial charge on any atom is -0.491 e. The number of rotatable bonds is 4. The second-order valence-electron chi connectivity index (χ2n) is 7.81. The number of aliphatic hydroxyl groups is 1. The van der Waals surface area contributed by atoms with Crippen molar-refractivity contribution in [2.75, 3.05) is 36.5 Å². The summed E-state index contributed by atoms with van der Waals surface area (Å²) in [6.45, 7) is 8.33. The highest BCUT2D eigenvalue weighted by atomic mass is 16.5. The van der Waals surface area contributed by atoms with Crippen LogP contribution in [0.5, 0.6) is 5.75 Å². The Hall–Kier alpha value is -2.48. The van der Waals surface area contributed by atoms with Gasteiger partial charge in [0.2, 0.25) is 12.4 Å². The van der Waals surface area contributed by atoms with Gasteiger partial charge in [-0.3, -0.25) is 4.79 Å². The molecule has 1 aromatic carbocycles. The summed E-state index contributed by atoms with van der Waals surface area (Å²) in [5.74, 6) is 2.75. The number of piperidine rings is 1. The van der Waals surface area contributed by atoms with Crippen LogP contribution in [0.4, 0.5) is 11.6 Å². The molecule has 1 amide bonds. The number of nitrogens with one attached hydrogen (secondary N) is 1. The quantitative estimate of drug-likeness (QED) is 0.661. The standard InChI is InChI=1S/C19H26N4O2.C2H6.CH3NO/c24-15-3-1-6-22(12-15)19-21-16-9-14(20-11-13-4-5-13)10-17-18(16)23(19)7-2-8-25-17;1-2;2-1-3/h9-10,13,15,20,24H,1-8,11-12H2;1-2H3;1H,(H2,2,3). The summed E-state index contributed by atoms with van der Waals surface area (Å²) in [7, 11) is 0. The molecule has 1 aromatic heterocycles. The van der Waals surface area contributed by atoms with Crippen LogP contribution < -0.4 is 20.7 Å². The summed E-state index contributed by atoms with van der Waals surface area (Å²) in [5, 5.41) is 13.6. The normalized spacial score (nSPS) is 20.1. The molecule has 3 heterocycles. The van der Waals surface area contributed by atoms with Crippen LogP contribution in [0.2, 0.25) is 0 Å². The lowest BCUT2D eigenvalue weighted by atomic mass is 10.1. The first-order valence-corrected chi connectivity index (χ1v) is 11.2. The van der Waals surface area contributed by atoms with Gasteiger partial charge in [0.1, 0.15) is 11.3 Å². The maximum Gasteiger partial charge on any atom is 0.206 e. The molecule has 8 heteroatoms.